The maximum Gasteiger partial charge on any atom is 0.469 e. The molecule has 0 aliphatic heterocycles. The number of guanidine groups is 1. The third kappa shape index (κ3) is 14.9. The Morgan fingerprint density at radius 3 is 1.50 bits per heavy atom. The van der Waals surface area contributed by atoms with Crippen molar-refractivity contribution in [3.05, 3.63) is 0 Å². The minimum Gasteiger partial charge on any atom is -0.417 e. The summed E-state index contributed by atoms with van der Waals surface area (Å²) in [6.45, 7) is 29.5. The molecule has 1 N–H and O–H groups in total. The zero-order chi connectivity index (χ0) is 24.0. The molecule has 0 aliphatic carbocycles. The molecular weight excluding hydrogens is 443 g/mol. The first kappa shape index (κ1) is 30.0. The van der Waals surface area contributed by atoms with E-state index in [1.807, 2.05) is 0 Å². The lowest BCUT2D eigenvalue weighted by Gasteiger charge is -2.43. The van der Waals surface area contributed by atoms with E-state index in [1.165, 1.54) is 0 Å². The second-order valence-corrected chi connectivity index (χ2v) is 28.7. The summed E-state index contributed by atoms with van der Waals surface area (Å²) < 4.78 is 20.4. The quantitative estimate of drug-likeness (QED) is 0.219. The van der Waals surface area contributed by atoms with Crippen molar-refractivity contribution in [1.82, 2.24) is 10.2 Å². The average Bonchev–Trinajstić information content (AvgIpc) is 2.38. The van der Waals surface area contributed by atoms with Crippen molar-refractivity contribution in [2.75, 3.05) is 13.6 Å². The summed E-state index contributed by atoms with van der Waals surface area (Å²) in [5.41, 5.74) is 0. The van der Waals surface area contributed by atoms with E-state index < -0.39 is 33.8 Å². The van der Waals surface area contributed by atoms with Gasteiger partial charge in [0.1, 0.15) is 0 Å². The van der Waals surface area contributed by atoms with E-state index in [9.17, 15) is 0 Å². The van der Waals surface area contributed by atoms with E-state index in [4.69, 9.17) is 17.3 Å². The summed E-state index contributed by atoms with van der Waals surface area (Å²) in [5, 5.41) is 3.49. The van der Waals surface area contributed by atoms with Crippen molar-refractivity contribution in [3.63, 3.8) is 0 Å². The molecule has 6 nitrogen and oxygen atoms in total. The Labute approximate surface area is 191 Å². The predicted molar refractivity (Wildman–Crippen MR) is 142 cm³/mol. The molecule has 0 radical (unpaired) electrons. The number of nitrogens with one attached hydrogen (secondary N) is 1. The Kier molecular flexibility index (Phi) is 11.8. The summed E-state index contributed by atoms with van der Waals surface area (Å²) >= 11 is 0. The van der Waals surface area contributed by atoms with Crippen LogP contribution in [0, 0.1) is 0 Å². The molecule has 0 fully saturated rings. The van der Waals surface area contributed by atoms with Crippen LogP contribution in [0.25, 0.3) is 0 Å². The largest absolute Gasteiger partial charge is 0.469 e. The fourth-order valence-electron chi connectivity index (χ4n) is 3.00. The molecule has 0 aliphatic rings. The predicted octanol–water partition coefficient (Wildman–Crippen LogP) is 5.56. The van der Waals surface area contributed by atoms with Gasteiger partial charge in [-0.15, -0.1) is 0 Å². The standard InChI is InChI=1S/C20H51N3O3Si4/c1-18(2)21-20(22-19(3)4)23(5)16-15-17-30(24-27(6,7)8,25-28(9,10)11)26-29(12,13)14/h18-19H,15-17H2,1-14H3,(H,21,22). The second-order valence-electron chi connectivity index (χ2n) is 11.7. The van der Waals surface area contributed by atoms with Gasteiger partial charge in [-0.05, 0) is 93.0 Å². The maximum absolute atomic E-state index is 6.79. The van der Waals surface area contributed by atoms with Crippen LogP contribution in [0.15, 0.2) is 4.99 Å². The van der Waals surface area contributed by atoms with Crippen molar-refractivity contribution in [2.24, 2.45) is 4.99 Å². The number of aliphatic imine (C=N–C) groups is 1. The first-order valence-corrected chi connectivity index (χ1v) is 23.6. The topological polar surface area (TPSA) is 55.3 Å². The Balaban J connectivity index is 5.57. The minimum absolute atomic E-state index is 0.253. The second kappa shape index (κ2) is 11.8. The number of hydrogen-bond donors (Lipinski definition) is 1. The molecule has 180 valence electrons. The first-order valence-electron chi connectivity index (χ1n) is 11.4. The first-order chi connectivity index (χ1) is 13.2. The summed E-state index contributed by atoms with van der Waals surface area (Å²) in [7, 11) is -6.14. The Morgan fingerprint density at radius 1 is 0.800 bits per heavy atom. The van der Waals surface area contributed by atoms with Gasteiger partial charge < -0.3 is 22.6 Å². The molecule has 0 aromatic carbocycles. The zero-order valence-electron chi connectivity index (χ0n) is 22.4. The fraction of sp³-hybridized carbons (Fsp3) is 0.950. The van der Waals surface area contributed by atoms with E-state index >= 15 is 0 Å². The van der Waals surface area contributed by atoms with Gasteiger partial charge in [-0.2, -0.15) is 0 Å². The summed E-state index contributed by atoms with van der Waals surface area (Å²) in [6, 6.07) is 1.45. The smallest absolute Gasteiger partial charge is 0.417 e. The van der Waals surface area contributed by atoms with Gasteiger partial charge in [-0.25, -0.2) is 0 Å². The summed E-state index contributed by atoms with van der Waals surface area (Å²) in [4.78, 5) is 7.00. The number of rotatable bonds is 12. The maximum atomic E-state index is 6.79. The summed E-state index contributed by atoms with van der Waals surface area (Å²) in [5.74, 6) is 0.954. The monoisotopic (exact) mass is 493 g/mol. The highest BCUT2D eigenvalue weighted by Crippen LogP contribution is 2.30. The van der Waals surface area contributed by atoms with Gasteiger partial charge in [0.25, 0.3) is 0 Å². The molecule has 0 saturated carbocycles. The van der Waals surface area contributed by atoms with Gasteiger partial charge in [0.05, 0.1) is 0 Å². The number of nitrogens with zero attached hydrogens (tertiary/aromatic N) is 2. The van der Waals surface area contributed by atoms with Gasteiger partial charge >= 0.3 is 8.80 Å². The summed E-state index contributed by atoms with van der Waals surface area (Å²) in [6.07, 6.45) is 0.957. The third-order valence-corrected chi connectivity index (χ3v) is 15.6. The highest BCUT2D eigenvalue weighted by molar-refractivity contribution is 6.90. The lowest BCUT2D eigenvalue weighted by Crippen LogP contribution is -2.60. The fourth-order valence-corrected chi connectivity index (χ4v) is 17.6. The van der Waals surface area contributed by atoms with Crippen LogP contribution in [0.2, 0.25) is 65.0 Å². The van der Waals surface area contributed by atoms with Crippen LogP contribution >= 0.6 is 0 Å². The minimum atomic E-state index is -2.77. The van der Waals surface area contributed by atoms with E-state index in [2.05, 4.69) is 104 Å². The highest BCUT2D eigenvalue weighted by Gasteiger charge is 2.49. The lowest BCUT2D eigenvalue weighted by molar-refractivity contribution is 0.248. The van der Waals surface area contributed by atoms with Crippen molar-refractivity contribution in [1.29, 1.82) is 0 Å². The molecule has 0 amide bonds. The molecule has 0 spiro atoms. The molecule has 0 atom stereocenters. The molecule has 30 heavy (non-hydrogen) atoms. The normalized spacial score (nSPS) is 14.6. The Bertz CT molecular complexity index is 498. The number of hydrogen-bond acceptors (Lipinski definition) is 4. The van der Waals surface area contributed by atoms with E-state index in [0.29, 0.717) is 6.04 Å². The van der Waals surface area contributed by atoms with E-state index in [1.54, 1.807) is 0 Å². The van der Waals surface area contributed by atoms with Crippen molar-refractivity contribution >= 4 is 39.7 Å². The molecule has 0 saturated heterocycles. The van der Waals surface area contributed by atoms with Gasteiger partial charge in [0.2, 0.25) is 0 Å². The van der Waals surface area contributed by atoms with Crippen LogP contribution in [-0.2, 0) is 12.3 Å². The molecule has 0 bridgehead atoms. The Morgan fingerprint density at radius 2 is 1.20 bits per heavy atom. The van der Waals surface area contributed by atoms with Gasteiger partial charge in [-0.1, -0.05) is 0 Å². The highest BCUT2D eigenvalue weighted by atomic mass is 28.5. The lowest BCUT2D eigenvalue weighted by atomic mass is 10.4. The molecular formula is C20H51N3O3Si4. The van der Waals surface area contributed by atoms with Crippen molar-refractivity contribution in [3.8, 4) is 0 Å². The van der Waals surface area contributed by atoms with E-state index in [0.717, 1.165) is 25.0 Å². The molecule has 0 aromatic rings. The van der Waals surface area contributed by atoms with Crippen LogP contribution in [0.3, 0.4) is 0 Å². The van der Waals surface area contributed by atoms with Crippen molar-refractivity contribution in [2.45, 2.75) is 111 Å². The molecule has 0 aromatic heterocycles. The van der Waals surface area contributed by atoms with E-state index in [-0.39, 0.29) is 6.04 Å². The SMILES string of the molecule is CC(C)N=C(NC(C)C)N(C)CCC[Si](O[Si](C)(C)C)(O[Si](C)(C)C)O[Si](C)(C)C. The zero-order valence-corrected chi connectivity index (χ0v) is 26.4. The Hall–Kier alpha value is 0.0175. The van der Waals surface area contributed by atoms with Gasteiger partial charge in [-0.3, -0.25) is 4.99 Å². The van der Waals surface area contributed by atoms with Crippen molar-refractivity contribution < 1.29 is 12.3 Å². The molecule has 0 unspecified atom stereocenters. The van der Waals surface area contributed by atoms with Crippen LogP contribution in [0.4, 0.5) is 0 Å². The van der Waals surface area contributed by atoms with Gasteiger partial charge in [0, 0.05) is 31.7 Å². The van der Waals surface area contributed by atoms with Crippen LogP contribution in [0.1, 0.15) is 34.1 Å². The molecule has 10 heteroatoms. The van der Waals surface area contributed by atoms with Crippen LogP contribution in [-0.4, -0.2) is 70.3 Å². The van der Waals surface area contributed by atoms with Gasteiger partial charge in [0.15, 0.2) is 30.9 Å². The molecule has 0 heterocycles. The third-order valence-electron chi connectivity index (χ3n) is 3.52. The van der Waals surface area contributed by atoms with Crippen LogP contribution in [0.5, 0.6) is 0 Å². The average molecular weight is 494 g/mol. The van der Waals surface area contributed by atoms with Crippen LogP contribution < -0.4 is 5.32 Å². The molecule has 0 rings (SSSR count).